The molecule has 9 heteroatoms. The highest BCUT2D eigenvalue weighted by Crippen LogP contribution is 2.29. The average Bonchev–Trinajstić information content (AvgIpc) is 2.73. The number of piperidine rings is 1. The lowest BCUT2D eigenvalue weighted by atomic mass is 9.93. The number of nitrogens with zero attached hydrogens (tertiary/aromatic N) is 1. The summed E-state index contributed by atoms with van der Waals surface area (Å²) in [5.74, 6) is -0.0362. The van der Waals surface area contributed by atoms with Crippen molar-refractivity contribution in [2.75, 3.05) is 32.8 Å². The number of rotatable bonds is 7. The summed E-state index contributed by atoms with van der Waals surface area (Å²) < 4.78 is 5.31. The number of likely N-dealkylation sites (tertiary alicyclic amines) is 1. The van der Waals surface area contributed by atoms with Gasteiger partial charge in [-0.05, 0) is 56.5 Å². The van der Waals surface area contributed by atoms with Gasteiger partial charge >= 0.3 is 12.0 Å². The zero-order chi connectivity index (χ0) is 22.4. The number of urea groups is 1. The van der Waals surface area contributed by atoms with E-state index in [1.165, 1.54) is 6.92 Å². The molecule has 1 saturated heterocycles. The van der Waals surface area contributed by atoms with Crippen LogP contribution in [0, 0.1) is 5.92 Å². The maximum absolute atomic E-state index is 12.9. The smallest absolute Gasteiger partial charge is 0.338 e. The molecule has 0 aromatic heterocycles. The number of nitrogens with one attached hydrogen (secondary N) is 3. The fraction of sp³-hybridized carbons (Fsp3) is 0.500. The molecule has 2 aliphatic heterocycles. The van der Waals surface area contributed by atoms with Crippen LogP contribution < -0.4 is 16.0 Å². The van der Waals surface area contributed by atoms with Gasteiger partial charge in [0.05, 0.1) is 18.2 Å². The number of hydrogen-bond donors (Lipinski definition) is 3. The molecule has 1 unspecified atom stereocenters. The normalized spacial score (nSPS) is 20.1. The highest BCUT2D eigenvalue weighted by Gasteiger charge is 2.34. The van der Waals surface area contributed by atoms with Crippen LogP contribution >= 0.6 is 11.6 Å². The molecule has 168 valence electrons. The number of hydrogen-bond acceptors (Lipinski definition) is 5. The summed E-state index contributed by atoms with van der Waals surface area (Å²) in [6, 6.07) is 6.08. The molecular weight excluding hydrogens is 420 g/mol. The monoisotopic (exact) mass is 448 g/mol. The van der Waals surface area contributed by atoms with Gasteiger partial charge in [-0.2, -0.15) is 0 Å². The molecule has 1 fully saturated rings. The van der Waals surface area contributed by atoms with E-state index in [4.69, 9.17) is 16.3 Å². The van der Waals surface area contributed by atoms with E-state index in [1.807, 2.05) is 0 Å². The molecule has 0 spiro atoms. The Morgan fingerprint density at radius 1 is 1.23 bits per heavy atom. The van der Waals surface area contributed by atoms with E-state index in [1.54, 1.807) is 31.2 Å². The summed E-state index contributed by atoms with van der Waals surface area (Å²) in [4.78, 5) is 38.6. The van der Waals surface area contributed by atoms with Gasteiger partial charge in [0.1, 0.15) is 0 Å². The lowest BCUT2D eigenvalue weighted by Crippen LogP contribution is -2.49. The molecule has 0 bridgehead atoms. The fourth-order valence-corrected chi connectivity index (χ4v) is 4.08. The zero-order valence-electron chi connectivity index (χ0n) is 17.9. The summed E-state index contributed by atoms with van der Waals surface area (Å²) in [6.45, 7) is 6.28. The topological polar surface area (TPSA) is 99.8 Å². The maximum Gasteiger partial charge on any atom is 0.338 e. The molecule has 2 aliphatic rings. The minimum Gasteiger partial charge on any atom is -0.463 e. The average molecular weight is 449 g/mol. The van der Waals surface area contributed by atoms with Crippen LogP contribution in [0.4, 0.5) is 4.79 Å². The molecule has 0 radical (unpaired) electrons. The van der Waals surface area contributed by atoms with Crippen LogP contribution in [0.1, 0.15) is 38.3 Å². The van der Waals surface area contributed by atoms with Crippen molar-refractivity contribution >= 4 is 29.5 Å². The first-order valence-electron chi connectivity index (χ1n) is 10.6. The molecule has 1 atom stereocenters. The maximum atomic E-state index is 12.9. The largest absolute Gasteiger partial charge is 0.463 e. The van der Waals surface area contributed by atoms with Crippen LogP contribution in [0.5, 0.6) is 0 Å². The first-order chi connectivity index (χ1) is 14.9. The van der Waals surface area contributed by atoms with Gasteiger partial charge in [-0.1, -0.05) is 23.7 Å². The quantitative estimate of drug-likeness (QED) is 0.556. The molecule has 0 saturated carbocycles. The first kappa shape index (κ1) is 23.1. The van der Waals surface area contributed by atoms with E-state index in [9.17, 15) is 14.4 Å². The van der Waals surface area contributed by atoms with Crippen molar-refractivity contribution in [3.8, 4) is 0 Å². The fourth-order valence-electron chi connectivity index (χ4n) is 3.96. The minimum absolute atomic E-state index is 0.0164. The Kier molecular flexibility index (Phi) is 7.92. The molecule has 3 rings (SSSR count). The predicted octanol–water partition coefficient (Wildman–Crippen LogP) is 2.36. The number of esters is 1. The molecular formula is C22H29ClN4O4. The van der Waals surface area contributed by atoms with Crippen LogP contribution in [-0.2, 0) is 14.3 Å². The first-order valence-corrected chi connectivity index (χ1v) is 10.9. The number of benzene rings is 1. The second-order valence-corrected chi connectivity index (χ2v) is 8.29. The predicted molar refractivity (Wildman–Crippen MR) is 117 cm³/mol. The SMILES string of the molecule is CCOC(=O)C1=C(CN2CCC(CNC(C)=O)CC2)NC(=O)NC1c1ccc(Cl)cc1. The van der Waals surface area contributed by atoms with Crippen molar-refractivity contribution in [1.82, 2.24) is 20.9 Å². The van der Waals surface area contributed by atoms with Crippen molar-refractivity contribution in [3.63, 3.8) is 0 Å². The summed E-state index contributed by atoms with van der Waals surface area (Å²) >= 11 is 6.00. The summed E-state index contributed by atoms with van der Waals surface area (Å²) in [6.07, 6.45) is 1.88. The molecule has 8 nitrogen and oxygen atoms in total. The highest BCUT2D eigenvalue weighted by atomic mass is 35.5. The highest BCUT2D eigenvalue weighted by molar-refractivity contribution is 6.30. The molecule has 3 N–H and O–H groups in total. The van der Waals surface area contributed by atoms with Crippen LogP contribution in [0.25, 0.3) is 0 Å². The van der Waals surface area contributed by atoms with Gasteiger partial charge in [0.15, 0.2) is 0 Å². The molecule has 0 aliphatic carbocycles. The second-order valence-electron chi connectivity index (χ2n) is 7.85. The molecule has 3 amide bonds. The third-order valence-electron chi connectivity index (χ3n) is 5.58. The van der Waals surface area contributed by atoms with Gasteiger partial charge in [0.2, 0.25) is 5.91 Å². The Morgan fingerprint density at radius 2 is 1.90 bits per heavy atom. The second kappa shape index (κ2) is 10.6. The van der Waals surface area contributed by atoms with Gasteiger partial charge < -0.3 is 20.7 Å². The van der Waals surface area contributed by atoms with Gasteiger partial charge in [0, 0.05) is 30.7 Å². The lowest BCUT2D eigenvalue weighted by Gasteiger charge is -2.35. The van der Waals surface area contributed by atoms with Crippen molar-refractivity contribution < 1.29 is 19.1 Å². The van der Waals surface area contributed by atoms with Gasteiger partial charge in [-0.15, -0.1) is 0 Å². The number of carbonyl (C=O) groups excluding carboxylic acids is 3. The Bertz CT molecular complexity index is 848. The van der Waals surface area contributed by atoms with Crippen LogP contribution in [0.3, 0.4) is 0 Å². The van der Waals surface area contributed by atoms with E-state index in [2.05, 4.69) is 20.9 Å². The zero-order valence-corrected chi connectivity index (χ0v) is 18.6. The summed E-state index contributed by atoms with van der Waals surface area (Å²) in [5, 5.41) is 9.11. The summed E-state index contributed by atoms with van der Waals surface area (Å²) in [7, 11) is 0. The van der Waals surface area contributed by atoms with Crippen LogP contribution in [0.2, 0.25) is 5.02 Å². The Hall–Kier alpha value is -2.58. The van der Waals surface area contributed by atoms with Crippen molar-refractivity contribution in [2.24, 2.45) is 5.92 Å². The van der Waals surface area contributed by atoms with E-state index in [0.717, 1.165) is 31.5 Å². The van der Waals surface area contributed by atoms with Crippen LogP contribution in [-0.4, -0.2) is 55.6 Å². The third kappa shape index (κ3) is 6.21. The van der Waals surface area contributed by atoms with Crippen molar-refractivity contribution in [3.05, 3.63) is 46.1 Å². The Balaban J connectivity index is 1.79. The molecule has 31 heavy (non-hydrogen) atoms. The number of amides is 3. The Labute approximate surface area is 187 Å². The number of ether oxygens (including phenoxy) is 1. The third-order valence-corrected chi connectivity index (χ3v) is 5.83. The van der Waals surface area contributed by atoms with E-state index in [0.29, 0.717) is 35.3 Å². The van der Waals surface area contributed by atoms with Gasteiger partial charge in [0.25, 0.3) is 0 Å². The minimum atomic E-state index is -0.614. The molecule has 2 heterocycles. The van der Waals surface area contributed by atoms with Crippen molar-refractivity contribution in [1.29, 1.82) is 0 Å². The van der Waals surface area contributed by atoms with E-state index in [-0.39, 0.29) is 18.5 Å². The summed E-state index contributed by atoms with van der Waals surface area (Å²) in [5.41, 5.74) is 1.72. The van der Waals surface area contributed by atoms with Gasteiger partial charge in [-0.25, -0.2) is 9.59 Å². The Morgan fingerprint density at radius 3 is 2.52 bits per heavy atom. The van der Waals surface area contributed by atoms with E-state index < -0.39 is 12.0 Å². The van der Waals surface area contributed by atoms with Gasteiger partial charge in [-0.3, -0.25) is 9.69 Å². The number of halogens is 1. The van der Waals surface area contributed by atoms with Crippen molar-refractivity contribution in [2.45, 2.75) is 32.7 Å². The molecule has 1 aromatic rings. The van der Waals surface area contributed by atoms with Crippen LogP contribution in [0.15, 0.2) is 35.5 Å². The number of carbonyl (C=O) groups is 3. The lowest BCUT2D eigenvalue weighted by molar-refractivity contribution is -0.139. The standard InChI is InChI=1S/C22H29ClN4O4/c1-3-31-21(29)19-18(13-27-10-8-15(9-11-27)12-24-14(2)28)25-22(30)26-20(19)16-4-6-17(23)7-5-16/h4-7,15,20H,3,8-13H2,1-2H3,(H,24,28)(H2,25,26,30). The van der Waals surface area contributed by atoms with E-state index >= 15 is 0 Å². The molecule has 1 aromatic carbocycles.